The van der Waals surface area contributed by atoms with E-state index < -0.39 is 0 Å². The summed E-state index contributed by atoms with van der Waals surface area (Å²) in [6, 6.07) is 0. The van der Waals surface area contributed by atoms with Crippen LogP contribution in [-0.4, -0.2) is 23.1 Å². The second kappa shape index (κ2) is 8.05. The van der Waals surface area contributed by atoms with Crippen LogP contribution < -0.4 is 15.8 Å². The number of aromatic nitrogens is 2. The number of nitrogens with two attached hydrogens (primary N) is 1. The Labute approximate surface area is 127 Å². The molecular formula is C16H28N4O. The summed E-state index contributed by atoms with van der Waals surface area (Å²) in [5, 5.41) is 3.33. The molecular weight excluding hydrogens is 264 g/mol. The highest BCUT2D eigenvalue weighted by molar-refractivity contribution is 5.66. The molecule has 118 valence electrons. The Kier molecular flexibility index (Phi) is 6.08. The third-order valence-electron chi connectivity index (χ3n) is 4.27. The summed E-state index contributed by atoms with van der Waals surface area (Å²) < 4.78 is 5.52. The minimum absolute atomic E-state index is 0.487. The lowest BCUT2D eigenvalue weighted by Crippen LogP contribution is -2.16. The predicted octanol–water partition coefficient (Wildman–Crippen LogP) is 3.48. The summed E-state index contributed by atoms with van der Waals surface area (Å²) in [5.74, 6) is 2.93. The molecule has 5 heteroatoms. The minimum atomic E-state index is 0.487. The van der Waals surface area contributed by atoms with Crippen LogP contribution in [0.3, 0.4) is 0 Å². The molecule has 1 heterocycles. The number of hydrogen-bond donors (Lipinski definition) is 2. The molecule has 1 aliphatic carbocycles. The third-order valence-corrected chi connectivity index (χ3v) is 4.27. The van der Waals surface area contributed by atoms with E-state index in [0.29, 0.717) is 24.0 Å². The highest BCUT2D eigenvalue weighted by Crippen LogP contribution is 2.30. The van der Waals surface area contributed by atoms with Gasteiger partial charge in [0.15, 0.2) is 5.82 Å². The van der Waals surface area contributed by atoms with Gasteiger partial charge in [0.05, 0.1) is 6.61 Å². The Balaban J connectivity index is 1.80. The fourth-order valence-corrected chi connectivity index (χ4v) is 2.85. The van der Waals surface area contributed by atoms with Crippen LogP contribution in [0.1, 0.15) is 52.4 Å². The van der Waals surface area contributed by atoms with E-state index >= 15 is 0 Å². The molecule has 0 aliphatic heterocycles. The topological polar surface area (TPSA) is 73.1 Å². The molecule has 0 bridgehead atoms. The maximum absolute atomic E-state index is 6.05. The van der Waals surface area contributed by atoms with E-state index in [-0.39, 0.29) is 0 Å². The maximum atomic E-state index is 6.05. The van der Waals surface area contributed by atoms with E-state index in [4.69, 9.17) is 10.5 Å². The number of hydrogen-bond acceptors (Lipinski definition) is 5. The van der Waals surface area contributed by atoms with Gasteiger partial charge >= 0.3 is 0 Å². The fraction of sp³-hybridized carbons (Fsp3) is 0.750. The Morgan fingerprint density at radius 2 is 2.05 bits per heavy atom. The van der Waals surface area contributed by atoms with Gasteiger partial charge in [-0.2, -0.15) is 4.98 Å². The summed E-state index contributed by atoms with van der Waals surface area (Å²) in [7, 11) is 0. The van der Waals surface area contributed by atoms with Crippen molar-refractivity contribution in [3.63, 3.8) is 0 Å². The molecule has 0 spiro atoms. The van der Waals surface area contributed by atoms with Crippen LogP contribution in [-0.2, 0) is 0 Å². The molecule has 0 amide bonds. The van der Waals surface area contributed by atoms with E-state index in [2.05, 4.69) is 29.1 Å². The van der Waals surface area contributed by atoms with Crippen molar-refractivity contribution in [1.29, 1.82) is 0 Å². The Hall–Kier alpha value is -1.52. The molecule has 5 nitrogen and oxygen atoms in total. The number of ether oxygens (including phenoxy) is 1. The molecule has 1 fully saturated rings. The van der Waals surface area contributed by atoms with E-state index in [1.165, 1.54) is 38.4 Å². The SMILES string of the molecule is CCCOc1ncnc(NCCC2CCC(C)CC2)c1N. The molecule has 3 N–H and O–H groups in total. The van der Waals surface area contributed by atoms with Crippen molar-refractivity contribution >= 4 is 11.5 Å². The van der Waals surface area contributed by atoms with Crippen molar-refractivity contribution < 1.29 is 4.74 Å². The zero-order valence-electron chi connectivity index (χ0n) is 13.3. The lowest BCUT2D eigenvalue weighted by atomic mass is 9.81. The van der Waals surface area contributed by atoms with E-state index in [1.807, 2.05) is 0 Å². The minimum Gasteiger partial charge on any atom is -0.476 e. The molecule has 0 aromatic carbocycles. The van der Waals surface area contributed by atoms with Gasteiger partial charge in [0.25, 0.3) is 0 Å². The van der Waals surface area contributed by atoms with E-state index in [1.54, 1.807) is 0 Å². The third kappa shape index (κ3) is 4.76. The summed E-state index contributed by atoms with van der Waals surface area (Å²) in [6.07, 6.45) is 9.07. The van der Waals surface area contributed by atoms with Crippen LogP contribution in [0.2, 0.25) is 0 Å². The van der Waals surface area contributed by atoms with Gasteiger partial charge in [0.1, 0.15) is 12.0 Å². The first-order valence-electron chi connectivity index (χ1n) is 8.17. The molecule has 21 heavy (non-hydrogen) atoms. The van der Waals surface area contributed by atoms with E-state index in [0.717, 1.165) is 24.8 Å². The Bertz CT molecular complexity index is 430. The molecule has 1 aromatic rings. The predicted molar refractivity (Wildman–Crippen MR) is 86.5 cm³/mol. The van der Waals surface area contributed by atoms with Crippen LogP contribution in [0.25, 0.3) is 0 Å². The number of rotatable bonds is 7. The van der Waals surface area contributed by atoms with Gasteiger partial charge in [-0.15, -0.1) is 0 Å². The fourth-order valence-electron chi connectivity index (χ4n) is 2.85. The van der Waals surface area contributed by atoms with Crippen molar-refractivity contribution in [3.8, 4) is 5.88 Å². The van der Waals surface area contributed by atoms with Gasteiger partial charge in [-0.1, -0.05) is 39.5 Å². The number of nitrogens with zero attached hydrogens (tertiary/aromatic N) is 2. The van der Waals surface area contributed by atoms with Crippen molar-refractivity contribution in [2.75, 3.05) is 24.2 Å². The lowest BCUT2D eigenvalue weighted by Gasteiger charge is -2.26. The van der Waals surface area contributed by atoms with Crippen molar-refractivity contribution in [2.45, 2.75) is 52.4 Å². The molecule has 1 aliphatic rings. The quantitative estimate of drug-likeness (QED) is 0.805. The summed E-state index contributed by atoms with van der Waals surface area (Å²) in [6.45, 7) is 5.95. The van der Waals surface area contributed by atoms with Crippen molar-refractivity contribution in [1.82, 2.24) is 9.97 Å². The number of anilines is 2. The maximum Gasteiger partial charge on any atom is 0.242 e. The van der Waals surface area contributed by atoms with Gasteiger partial charge in [-0.05, 0) is 24.7 Å². The summed E-state index contributed by atoms with van der Waals surface area (Å²) >= 11 is 0. The molecule has 0 radical (unpaired) electrons. The number of nitrogens with one attached hydrogen (secondary N) is 1. The smallest absolute Gasteiger partial charge is 0.242 e. The van der Waals surface area contributed by atoms with Crippen LogP contribution in [0.5, 0.6) is 5.88 Å². The second-order valence-electron chi connectivity index (χ2n) is 6.13. The van der Waals surface area contributed by atoms with Crippen LogP contribution in [0.15, 0.2) is 6.33 Å². The largest absolute Gasteiger partial charge is 0.476 e. The molecule has 0 unspecified atom stereocenters. The Morgan fingerprint density at radius 3 is 2.76 bits per heavy atom. The zero-order chi connectivity index (χ0) is 15.1. The molecule has 2 rings (SSSR count). The van der Waals surface area contributed by atoms with Gasteiger partial charge < -0.3 is 15.8 Å². The average molecular weight is 292 g/mol. The van der Waals surface area contributed by atoms with Gasteiger partial charge in [0, 0.05) is 6.54 Å². The zero-order valence-corrected chi connectivity index (χ0v) is 13.3. The first-order chi connectivity index (χ1) is 10.2. The lowest BCUT2D eigenvalue weighted by molar-refractivity contribution is 0.282. The second-order valence-corrected chi connectivity index (χ2v) is 6.13. The van der Waals surface area contributed by atoms with Crippen molar-refractivity contribution in [2.24, 2.45) is 11.8 Å². The van der Waals surface area contributed by atoms with E-state index in [9.17, 15) is 0 Å². The van der Waals surface area contributed by atoms with Crippen LogP contribution in [0.4, 0.5) is 11.5 Å². The Morgan fingerprint density at radius 1 is 1.29 bits per heavy atom. The molecule has 1 aromatic heterocycles. The van der Waals surface area contributed by atoms with Crippen LogP contribution in [0, 0.1) is 11.8 Å². The van der Waals surface area contributed by atoms with Crippen LogP contribution >= 0.6 is 0 Å². The highest BCUT2D eigenvalue weighted by Gasteiger charge is 2.18. The monoisotopic (exact) mass is 292 g/mol. The van der Waals surface area contributed by atoms with Crippen molar-refractivity contribution in [3.05, 3.63) is 6.33 Å². The van der Waals surface area contributed by atoms with Gasteiger partial charge in [-0.25, -0.2) is 4.98 Å². The average Bonchev–Trinajstić information content (AvgIpc) is 2.50. The highest BCUT2D eigenvalue weighted by atomic mass is 16.5. The summed E-state index contributed by atoms with van der Waals surface area (Å²) in [4.78, 5) is 8.30. The normalized spacial score (nSPS) is 22.0. The first-order valence-corrected chi connectivity index (χ1v) is 8.17. The van der Waals surface area contributed by atoms with Gasteiger partial charge in [0.2, 0.25) is 5.88 Å². The first kappa shape index (κ1) is 15.9. The molecule has 0 atom stereocenters. The molecule has 1 saturated carbocycles. The summed E-state index contributed by atoms with van der Waals surface area (Å²) in [5.41, 5.74) is 6.57. The van der Waals surface area contributed by atoms with Gasteiger partial charge in [-0.3, -0.25) is 0 Å². The molecule has 0 saturated heterocycles. The standard InChI is InChI=1S/C16H28N4O/c1-3-10-21-16-14(17)15(19-11-20-16)18-9-8-13-6-4-12(2)5-7-13/h11-13H,3-10,17H2,1-2H3,(H,18,19,20). The number of nitrogen functional groups attached to an aromatic ring is 1.